The standard InChI is InChI=1S/C16H22N2O2S/c1-12-5-3-4-6-15(12)11-18-21(19,20)16-8-7-14(10-17)13(2)9-16/h7-9,12,15,18H,3-6,11H2,1-2H3. The smallest absolute Gasteiger partial charge is 0.211 e. The Morgan fingerprint density at radius 3 is 2.67 bits per heavy atom. The highest BCUT2D eigenvalue weighted by atomic mass is 32.2. The molecule has 1 N–H and O–H groups in total. The lowest BCUT2D eigenvalue weighted by Crippen LogP contribution is -2.33. The summed E-state index contributed by atoms with van der Waals surface area (Å²) >= 11 is 0. The van der Waals surface area contributed by atoms with Crippen molar-refractivity contribution in [3.05, 3.63) is 29.3 Å². The van der Waals surface area contributed by atoms with Gasteiger partial charge in [-0.15, -0.1) is 0 Å². The lowest BCUT2D eigenvalue weighted by Gasteiger charge is -2.28. The summed E-state index contributed by atoms with van der Waals surface area (Å²) < 4.78 is 27.4. The van der Waals surface area contributed by atoms with Gasteiger partial charge in [0.25, 0.3) is 0 Å². The van der Waals surface area contributed by atoms with E-state index < -0.39 is 10.0 Å². The van der Waals surface area contributed by atoms with Crippen LogP contribution in [0.5, 0.6) is 0 Å². The third-order valence-electron chi connectivity index (χ3n) is 4.45. The van der Waals surface area contributed by atoms with Gasteiger partial charge in [0.2, 0.25) is 10.0 Å². The highest BCUT2D eigenvalue weighted by Crippen LogP contribution is 2.29. The average Bonchev–Trinajstić information content (AvgIpc) is 2.46. The molecule has 0 radical (unpaired) electrons. The van der Waals surface area contributed by atoms with Crippen LogP contribution in [-0.4, -0.2) is 15.0 Å². The van der Waals surface area contributed by atoms with Crippen LogP contribution in [-0.2, 0) is 10.0 Å². The van der Waals surface area contributed by atoms with Crippen LogP contribution in [0, 0.1) is 30.1 Å². The molecule has 0 heterocycles. The minimum atomic E-state index is -3.49. The summed E-state index contributed by atoms with van der Waals surface area (Å²) in [6, 6.07) is 6.67. The van der Waals surface area contributed by atoms with Crippen LogP contribution in [0.1, 0.15) is 43.7 Å². The summed E-state index contributed by atoms with van der Waals surface area (Å²) in [4.78, 5) is 0.238. The molecule has 1 saturated carbocycles. The van der Waals surface area contributed by atoms with E-state index in [0.717, 1.165) is 6.42 Å². The highest BCUT2D eigenvalue weighted by molar-refractivity contribution is 7.89. The molecule has 2 unspecified atom stereocenters. The van der Waals surface area contributed by atoms with Crippen LogP contribution in [0.2, 0.25) is 0 Å². The Morgan fingerprint density at radius 1 is 1.33 bits per heavy atom. The van der Waals surface area contributed by atoms with Gasteiger partial charge in [-0.25, -0.2) is 13.1 Å². The van der Waals surface area contributed by atoms with Crippen molar-refractivity contribution in [3.63, 3.8) is 0 Å². The van der Waals surface area contributed by atoms with Crippen molar-refractivity contribution in [1.29, 1.82) is 5.26 Å². The maximum absolute atomic E-state index is 12.3. The van der Waals surface area contributed by atoms with Crippen molar-refractivity contribution in [2.24, 2.45) is 11.8 Å². The van der Waals surface area contributed by atoms with E-state index in [2.05, 4.69) is 11.6 Å². The molecule has 0 aliphatic heterocycles. The maximum Gasteiger partial charge on any atom is 0.240 e. The second kappa shape index (κ2) is 6.59. The molecule has 0 spiro atoms. The number of rotatable bonds is 4. The van der Waals surface area contributed by atoms with E-state index in [4.69, 9.17) is 5.26 Å². The van der Waals surface area contributed by atoms with Gasteiger partial charge in [0.15, 0.2) is 0 Å². The summed E-state index contributed by atoms with van der Waals surface area (Å²) in [5.41, 5.74) is 1.20. The molecule has 2 atom stereocenters. The van der Waals surface area contributed by atoms with Gasteiger partial charge in [-0.3, -0.25) is 0 Å². The Hall–Kier alpha value is -1.38. The molecule has 0 aromatic heterocycles. The van der Waals surface area contributed by atoms with Gasteiger partial charge in [0.05, 0.1) is 16.5 Å². The van der Waals surface area contributed by atoms with Crippen molar-refractivity contribution in [3.8, 4) is 6.07 Å². The molecular formula is C16H22N2O2S. The van der Waals surface area contributed by atoms with Gasteiger partial charge in [-0.1, -0.05) is 26.2 Å². The van der Waals surface area contributed by atoms with E-state index in [1.54, 1.807) is 19.1 Å². The lowest BCUT2D eigenvalue weighted by atomic mass is 9.81. The van der Waals surface area contributed by atoms with Crippen LogP contribution in [0.25, 0.3) is 0 Å². The molecule has 1 fully saturated rings. The van der Waals surface area contributed by atoms with Gasteiger partial charge < -0.3 is 0 Å². The number of hydrogen-bond acceptors (Lipinski definition) is 3. The fraction of sp³-hybridized carbons (Fsp3) is 0.562. The zero-order valence-corrected chi connectivity index (χ0v) is 13.4. The van der Waals surface area contributed by atoms with Crippen LogP contribution in [0.15, 0.2) is 23.1 Å². The molecule has 0 bridgehead atoms. The largest absolute Gasteiger partial charge is 0.240 e. The zero-order valence-electron chi connectivity index (χ0n) is 12.6. The molecule has 1 aromatic carbocycles. The molecule has 5 heteroatoms. The monoisotopic (exact) mass is 306 g/mol. The number of sulfonamides is 1. The molecular weight excluding hydrogens is 284 g/mol. The van der Waals surface area contributed by atoms with Gasteiger partial charge in [0.1, 0.15) is 0 Å². The quantitative estimate of drug-likeness (QED) is 0.929. The molecule has 2 rings (SSSR count). The number of nitrogens with zero attached hydrogens (tertiary/aromatic N) is 1. The maximum atomic E-state index is 12.3. The molecule has 1 aliphatic rings. The molecule has 4 nitrogen and oxygen atoms in total. The summed E-state index contributed by atoms with van der Waals surface area (Å²) in [6.45, 7) is 4.45. The molecule has 0 saturated heterocycles. The second-order valence-corrected chi connectivity index (χ2v) is 7.73. The number of nitriles is 1. The van der Waals surface area contributed by atoms with Gasteiger partial charge in [-0.05, 0) is 48.9 Å². The van der Waals surface area contributed by atoms with Crippen molar-refractivity contribution in [2.45, 2.75) is 44.4 Å². The summed E-state index contributed by atoms with van der Waals surface area (Å²) in [6.07, 6.45) is 4.71. The molecule has 1 aliphatic carbocycles. The van der Waals surface area contributed by atoms with Gasteiger partial charge >= 0.3 is 0 Å². The second-order valence-electron chi connectivity index (χ2n) is 5.96. The van der Waals surface area contributed by atoms with Crippen molar-refractivity contribution in [1.82, 2.24) is 4.72 Å². The minimum absolute atomic E-state index is 0.238. The van der Waals surface area contributed by atoms with Crippen molar-refractivity contribution >= 4 is 10.0 Å². The fourth-order valence-electron chi connectivity index (χ4n) is 2.93. The number of hydrogen-bond donors (Lipinski definition) is 1. The first-order valence-corrected chi connectivity index (χ1v) is 8.93. The third kappa shape index (κ3) is 3.84. The van der Waals surface area contributed by atoms with E-state index in [1.807, 2.05) is 6.07 Å². The van der Waals surface area contributed by atoms with E-state index in [9.17, 15) is 8.42 Å². The average molecular weight is 306 g/mol. The Bertz CT molecular complexity index is 647. The Balaban J connectivity index is 2.08. The predicted octanol–water partition coefficient (Wildman–Crippen LogP) is 2.97. The Labute approximate surface area is 127 Å². The van der Waals surface area contributed by atoms with Gasteiger partial charge in [0, 0.05) is 6.54 Å². The topological polar surface area (TPSA) is 70.0 Å². The first-order valence-electron chi connectivity index (χ1n) is 7.44. The first-order chi connectivity index (χ1) is 9.94. The molecule has 21 heavy (non-hydrogen) atoms. The number of aryl methyl sites for hydroxylation is 1. The molecule has 0 amide bonds. The van der Waals surface area contributed by atoms with Crippen LogP contribution < -0.4 is 4.72 Å². The number of nitrogens with one attached hydrogen (secondary N) is 1. The van der Waals surface area contributed by atoms with E-state index in [0.29, 0.717) is 29.5 Å². The van der Waals surface area contributed by atoms with E-state index in [1.165, 1.54) is 25.3 Å². The van der Waals surface area contributed by atoms with Crippen molar-refractivity contribution in [2.75, 3.05) is 6.54 Å². The third-order valence-corrected chi connectivity index (χ3v) is 5.87. The minimum Gasteiger partial charge on any atom is -0.211 e. The Morgan fingerprint density at radius 2 is 2.05 bits per heavy atom. The van der Waals surface area contributed by atoms with Crippen molar-refractivity contribution < 1.29 is 8.42 Å². The van der Waals surface area contributed by atoms with Crippen LogP contribution in [0.4, 0.5) is 0 Å². The highest BCUT2D eigenvalue weighted by Gasteiger charge is 2.23. The normalized spacial score (nSPS) is 22.7. The lowest BCUT2D eigenvalue weighted by molar-refractivity contribution is 0.257. The fourth-order valence-corrected chi connectivity index (χ4v) is 4.10. The molecule has 1 aromatic rings. The first kappa shape index (κ1) is 16.0. The van der Waals surface area contributed by atoms with Crippen LogP contribution >= 0.6 is 0 Å². The predicted molar refractivity (Wildman–Crippen MR) is 82.2 cm³/mol. The SMILES string of the molecule is Cc1cc(S(=O)(=O)NCC2CCCCC2C)ccc1C#N. The summed E-state index contributed by atoms with van der Waals surface area (Å²) in [7, 11) is -3.49. The number of benzene rings is 1. The zero-order chi connectivity index (χ0) is 15.5. The van der Waals surface area contributed by atoms with Crippen LogP contribution in [0.3, 0.4) is 0 Å². The van der Waals surface area contributed by atoms with E-state index in [-0.39, 0.29) is 4.90 Å². The van der Waals surface area contributed by atoms with E-state index >= 15 is 0 Å². The molecule has 114 valence electrons. The summed E-state index contributed by atoms with van der Waals surface area (Å²) in [5.74, 6) is 0.997. The Kier molecular flexibility index (Phi) is 5.02. The summed E-state index contributed by atoms with van der Waals surface area (Å²) in [5, 5.41) is 8.90. The van der Waals surface area contributed by atoms with Gasteiger partial charge in [-0.2, -0.15) is 5.26 Å².